The van der Waals surface area contributed by atoms with Gasteiger partial charge in [0.15, 0.2) is 0 Å². The van der Waals surface area contributed by atoms with Crippen LogP contribution in [0.5, 0.6) is 0 Å². The summed E-state index contributed by atoms with van der Waals surface area (Å²) in [6, 6.07) is 4.62. The molecular weight excluding hydrogens is 282 g/mol. The van der Waals surface area contributed by atoms with E-state index in [1.807, 2.05) is 23.8 Å². The number of thiophene rings is 1. The number of aromatic nitrogens is 1. The molecule has 1 unspecified atom stereocenters. The van der Waals surface area contributed by atoms with Crippen LogP contribution >= 0.6 is 11.3 Å². The number of hydrogen-bond donors (Lipinski definition) is 2. The largest absolute Gasteiger partial charge is 0.373 e. The van der Waals surface area contributed by atoms with E-state index in [1.54, 1.807) is 18.4 Å². The van der Waals surface area contributed by atoms with Gasteiger partial charge in [0.2, 0.25) is 10.0 Å². The van der Waals surface area contributed by atoms with Crippen molar-refractivity contribution in [1.29, 1.82) is 0 Å². The lowest BCUT2D eigenvalue weighted by Crippen LogP contribution is -2.26. The number of nitrogens with zero attached hydrogens (tertiary/aromatic N) is 1. The van der Waals surface area contributed by atoms with Crippen LogP contribution in [-0.4, -0.2) is 20.4 Å². The standard InChI is InChI=1S/C12H15N3O2S2/c1-9(10-4-6-18-8-10)15-19(16,17)11-3-5-14-12(7-11)13-2/h3-9,15H,1-2H3,(H,13,14). The number of sulfonamides is 1. The predicted molar refractivity (Wildman–Crippen MR) is 76.8 cm³/mol. The third-order valence-corrected chi connectivity index (χ3v) is 4.91. The van der Waals surface area contributed by atoms with Crippen molar-refractivity contribution in [3.05, 3.63) is 40.7 Å². The van der Waals surface area contributed by atoms with Crippen molar-refractivity contribution in [3.8, 4) is 0 Å². The molecule has 5 nitrogen and oxygen atoms in total. The molecule has 0 amide bonds. The molecule has 0 bridgehead atoms. The van der Waals surface area contributed by atoms with Gasteiger partial charge in [0.05, 0.1) is 4.90 Å². The van der Waals surface area contributed by atoms with E-state index in [-0.39, 0.29) is 10.9 Å². The van der Waals surface area contributed by atoms with E-state index in [4.69, 9.17) is 0 Å². The van der Waals surface area contributed by atoms with E-state index in [0.29, 0.717) is 5.82 Å². The van der Waals surface area contributed by atoms with E-state index < -0.39 is 10.0 Å². The highest BCUT2D eigenvalue weighted by atomic mass is 32.2. The molecule has 2 rings (SSSR count). The second-order valence-corrected chi connectivity index (χ2v) is 6.52. The third-order valence-electron chi connectivity index (χ3n) is 2.67. The van der Waals surface area contributed by atoms with Gasteiger partial charge in [-0.2, -0.15) is 11.3 Å². The summed E-state index contributed by atoms with van der Waals surface area (Å²) in [4.78, 5) is 4.20. The van der Waals surface area contributed by atoms with Gasteiger partial charge >= 0.3 is 0 Å². The fraction of sp³-hybridized carbons (Fsp3) is 0.250. The third kappa shape index (κ3) is 3.31. The van der Waals surface area contributed by atoms with Gasteiger partial charge < -0.3 is 5.32 Å². The predicted octanol–water partition coefficient (Wildman–Crippen LogP) is 2.22. The van der Waals surface area contributed by atoms with Crippen LogP contribution in [0.3, 0.4) is 0 Å². The first kappa shape index (κ1) is 14.0. The molecule has 0 saturated carbocycles. The molecule has 0 aliphatic heterocycles. The van der Waals surface area contributed by atoms with Crippen LogP contribution in [-0.2, 0) is 10.0 Å². The summed E-state index contributed by atoms with van der Waals surface area (Å²) >= 11 is 1.54. The second-order valence-electron chi connectivity index (χ2n) is 4.03. The molecule has 0 fully saturated rings. The first-order chi connectivity index (χ1) is 9.03. The fourth-order valence-corrected chi connectivity index (χ4v) is 3.60. The fourth-order valence-electron chi connectivity index (χ4n) is 1.61. The monoisotopic (exact) mass is 297 g/mol. The zero-order valence-corrected chi connectivity index (χ0v) is 12.3. The maximum Gasteiger partial charge on any atom is 0.241 e. The quantitative estimate of drug-likeness (QED) is 0.888. The van der Waals surface area contributed by atoms with Crippen molar-refractivity contribution in [2.75, 3.05) is 12.4 Å². The lowest BCUT2D eigenvalue weighted by molar-refractivity contribution is 0.567. The van der Waals surface area contributed by atoms with Gasteiger partial charge in [-0.25, -0.2) is 18.1 Å². The minimum Gasteiger partial charge on any atom is -0.373 e. The normalized spacial score (nSPS) is 13.2. The van der Waals surface area contributed by atoms with Crippen LogP contribution in [0.1, 0.15) is 18.5 Å². The summed E-state index contributed by atoms with van der Waals surface area (Å²) in [6.45, 7) is 1.82. The van der Waals surface area contributed by atoms with Crippen LogP contribution in [0.15, 0.2) is 40.1 Å². The molecule has 0 saturated heterocycles. The summed E-state index contributed by atoms with van der Waals surface area (Å²) in [5, 5.41) is 6.67. The highest BCUT2D eigenvalue weighted by molar-refractivity contribution is 7.89. The Hall–Kier alpha value is -1.44. The molecule has 102 valence electrons. The molecule has 0 radical (unpaired) electrons. The van der Waals surface area contributed by atoms with Gasteiger partial charge in [0, 0.05) is 25.4 Å². The van der Waals surface area contributed by atoms with Crippen LogP contribution in [0.25, 0.3) is 0 Å². The van der Waals surface area contributed by atoms with Crippen molar-refractivity contribution in [3.63, 3.8) is 0 Å². The highest BCUT2D eigenvalue weighted by Crippen LogP contribution is 2.19. The number of anilines is 1. The SMILES string of the molecule is CNc1cc(S(=O)(=O)NC(C)c2ccsc2)ccn1. The van der Waals surface area contributed by atoms with Gasteiger partial charge in [0.25, 0.3) is 0 Å². The van der Waals surface area contributed by atoms with Gasteiger partial charge in [-0.1, -0.05) is 0 Å². The Balaban J connectivity index is 2.22. The van der Waals surface area contributed by atoms with Gasteiger partial charge in [-0.05, 0) is 35.4 Å². The molecule has 0 spiro atoms. The highest BCUT2D eigenvalue weighted by Gasteiger charge is 2.19. The van der Waals surface area contributed by atoms with Crippen molar-refractivity contribution in [1.82, 2.24) is 9.71 Å². The smallest absolute Gasteiger partial charge is 0.241 e. The molecule has 2 heterocycles. The number of rotatable bonds is 5. The maximum atomic E-state index is 12.2. The van der Waals surface area contributed by atoms with E-state index in [0.717, 1.165) is 5.56 Å². The zero-order chi connectivity index (χ0) is 13.9. The molecule has 1 atom stereocenters. The first-order valence-corrected chi connectivity index (χ1v) is 8.14. The number of hydrogen-bond acceptors (Lipinski definition) is 5. The molecule has 0 aliphatic rings. The summed E-state index contributed by atoms with van der Waals surface area (Å²) < 4.78 is 27.1. The molecule has 2 N–H and O–H groups in total. The van der Waals surface area contributed by atoms with E-state index >= 15 is 0 Å². The first-order valence-electron chi connectivity index (χ1n) is 5.71. The Morgan fingerprint density at radius 1 is 1.37 bits per heavy atom. The Morgan fingerprint density at radius 2 is 2.16 bits per heavy atom. The van der Waals surface area contributed by atoms with Crippen molar-refractivity contribution < 1.29 is 8.42 Å². The van der Waals surface area contributed by atoms with Gasteiger partial charge in [-0.15, -0.1) is 0 Å². The average molecular weight is 297 g/mol. The van der Waals surface area contributed by atoms with Crippen LogP contribution < -0.4 is 10.0 Å². The minimum atomic E-state index is -3.54. The van der Waals surface area contributed by atoms with E-state index in [1.165, 1.54) is 18.3 Å². The zero-order valence-electron chi connectivity index (χ0n) is 10.6. The summed E-state index contributed by atoms with van der Waals surface area (Å²) in [5.41, 5.74) is 0.955. The lowest BCUT2D eigenvalue weighted by Gasteiger charge is -2.13. The second kappa shape index (κ2) is 5.68. The van der Waals surface area contributed by atoms with E-state index in [2.05, 4.69) is 15.0 Å². The molecule has 0 aliphatic carbocycles. The topological polar surface area (TPSA) is 71.1 Å². The van der Waals surface area contributed by atoms with Crippen molar-refractivity contribution >= 4 is 27.2 Å². The average Bonchev–Trinajstić information content (AvgIpc) is 2.92. The van der Waals surface area contributed by atoms with Crippen molar-refractivity contribution in [2.24, 2.45) is 0 Å². The summed E-state index contributed by atoms with van der Waals surface area (Å²) in [6.07, 6.45) is 1.47. The minimum absolute atomic E-state index is 0.203. The summed E-state index contributed by atoms with van der Waals surface area (Å²) in [5.74, 6) is 0.520. The van der Waals surface area contributed by atoms with Crippen molar-refractivity contribution in [2.45, 2.75) is 17.9 Å². The Bertz CT molecular complexity index is 639. The van der Waals surface area contributed by atoms with E-state index in [9.17, 15) is 8.42 Å². The van der Waals surface area contributed by atoms with Gasteiger partial charge in [-0.3, -0.25) is 0 Å². The Kier molecular flexibility index (Phi) is 4.18. The Labute approximate surface area is 116 Å². The lowest BCUT2D eigenvalue weighted by atomic mass is 10.2. The molecule has 2 aromatic rings. The maximum absolute atomic E-state index is 12.2. The van der Waals surface area contributed by atoms with Crippen LogP contribution in [0.4, 0.5) is 5.82 Å². The number of nitrogens with one attached hydrogen (secondary N) is 2. The molecular formula is C12H15N3O2S2. The summed E-state index contributed by atoms with van der Waals surface area (Å²) in [7, 11) is -1.85. The van der Waals surface area contributed by atoms with Crippen LogP contribution in [0, 0.1) is 0 Å². The molecule has 7 heteroatoms. The molecule has 19 heavy (non-hydrogen) atoms. The molecule has 2 aromatic heterocycles. The number of pyridine rings is 1. The molecule has 0 aromatic carbocycles. The van der Waals surface area contributed by atoms with Crippen LogP contribution in [0.2, 0.25) is 0 Å². The Morgan fingerprint density at radius 3 is 2.79 bits per heavy atom. The van der Waals surface area contributed by atoms with Gasteiger partial charge in [0.1, 0.15) is 5.82 Å².